The Balaban J connectivity index is 1.17. The molecule has 0 radical (unpaired) electrons. The van der Waals surface area contributed by atoms with Gasteiger partial charge in [-0.2, -0.15) is 8.42 Å². The van der Waals surface area contributed by atoms with Crippen molar-refractivity contribution in [1.82, 2.24) is 9.71 Å². The van der Waals surface area contributed by atoms with Crippen LogP contribution >= 0.6 is 11.6 Å². The minimum atomic E-state index is -4.23. The molecule has 2 aliphatic heterocycles. The van der Waals surface area contributed by atoms with E-state index >= 15 is 0 Å². The second kappa shape index (κ2) is 9.57. The summed E-state index contributed by atoms with van der Waals surface area (Å²) in [6.07, 6.45) is 7.15. The lowest BCUT2D eigenvalue weighted by atomic mass is 9.63. The molecule has 1 aromatic heterocycles. The zero-order valence-electron chi connectivity index (χ0n) is 21.2. The Bertz CT molecular complexity index is 1330. The monoisotopic (exact) mass is 560 g/mol. The lowest BCUT2D eigenvalue weighted by Gasteiger charge is -2.48. The molecular weight excluding hydrogens is 528 g/mol. The normalized spacial score (nSPS) is 23.7. The molecule has 4 aliphatic rings. The largest absolute Gasteiger partial charge is 0.475 e. The van der Waals surface area contributed by atoms with E-state index in [0.29, 0.717) is 54.4 Å². The van der Waals surface area contributed by atoms with E-state index in [4.69, 9.17) is 16.3 Å². The first kappa shape index (κ1) is 25.7. The number of anilines is 2. The molecule has 4 fully saturated rings. The van der Waals surface area contributed by atoms with Crippen molar-refractivity contribution < 1.29 is 23.1 Å². The van der Waals surface area contributed by atoms with Gasteiger partial charge in [-0.3, -0.25) is 4.79 Å². The molecule has 9 nitrogen and oxygen atoms in total. The van der Waals surface area contributed by atoms with Gasteiger partial charge < -0.3 is 19.6 Å². The smallest absolute Gasteiger partial charge is 0.281 e. The molecule has 2 aliphatic carbocycles. The fourth-order valence-corrected chi connectivity index (χ4v) is 7.04. The number of amides is 1. The fraction of sp³-hybridized carbons (Fsp3) is 0.556. The number of β-amino-alcohol motifs (C(OH)–C–C–N with tert-alkyl or cyclic N) is 1. The maximum Gasteiger partial charge on any atom is 0.281 e. The third kappa shape index (κ3) is 4.94. The first-order valence-corrected chi connectivity index (χ1v) is 15.2. The number of rotatable bonds is 7. The Labute approximate surface area is 228 Å². The lowest BCUT2D eigenvalue weighted by molar-refractivity contribution is -0.127. The molecule has 1 atom stereocenters. The second-order valence-corrected chi connectivity index (χ2v) is 13.3. The number of halogens is 1. The number of benzene rings is 1. The zero-order chi connectivity index (χ0) is 26.5. The molecule has 11 heteroatoms. The van der Waals surface area contributed by atoms with E-state index in [1.54, 1.807) is 18.2 Å². The summed E-state index contributed by atoms with van der Waals surface area (Å²) in [7, 11) is -4.23. The number of carbonyl (C=O) groups is 1. The molecule has 1 aromatic carbocycles. The quantitative estimate of drug-likeness (QED) is 0.529. The minimum Gasteiger partial charge on any atom is -0.475 e. The fourth-order valence-electron chi connectivity index (χ4n) is 5.88. The van der Waals surface area contributed by atoms with Crippen molar-refractivity contribution in [2.45, 2.75) is 68.1 Å². The lowest BCUT2D eigenvalue weighted by Crippen LogP contribution is -2.45. The number of aliphatic hydroxyl groups is 1. The number of pyridine rings is 1. The van der Waals surface area contributed by atoms with Crippen LogP contribution in [0.4, 0.5) is 11.5 Å². The van der Waals surface area contributed by atoms with E-state index in [-0.39, 0.29) is 5.03 Å². The second-order valence-electron chi connectivity index (χ2n) is 11.2. The summed E-state index contributed by atoms with van der Waals surface area (Å²) in [4.78, 5) is 21.6. The number of nitrogens with one attached hydrogen (secondary N) is 1. The van der Waals surface area contributed by atoms with E-state index in [2.05, 4.69) is 14.6 Å². The van der Waals surface area contributed by atoms with E-state index in [0.717, 1.165) is 31.6 Å². The summed E-state index contributed by atoms with van der Waals surface area (Å²) in [6, 6.07) is 10.1. The summed E-state index contributed by atoms with van der Waals surface area (Å²) in [5, 5.41) is 10.1. The molecule has 1 amide bonds. The van der Waals surface area contributed by atoms with E-state index in [1.807, 2.05) is 17.0 Å². The van der Waals surface area contributed by atoms with Crippen LogP contribution < -0.4 is 19.3 Å². The van der Waals surface area contributed by atoms with Crippen molar-refractivity contribution in [3.8, 4) is 5.75 Å². The standard InChI is InChI=1S/C27H33ClN4O5S/c28-19-5-6-21(31-15-12-26(13-16-31)8-2-9-26)22(17-19)37-27(10-11-27)25(34)30-38(35,36)24-4-1-3-23(29-24)32-14-7-20(33)18-32/h1,3-6,17,20,33H,2,7-16,18H2,(H,30,34)/t20-/m0/s1. The molecule has 2 aromatic rings. The molecule has 0 bridgehead atoms. The van der Waals surface area contributed by atoms with E-state index in [1.165, 1.54) is 25.3 Å². The van der Waals surface area contributed by atoms with Crippen molar-refractivity contribution in [2.75, 3.05) is 36.0 Å². The number of hydrogen-bond donors (Lipinski definition) is 2. The van der Waals surface area contributed by atoms with Crippen molar-refractivity contribution in [2.24, 2.45) is 5.41 Å². The Kier molecular flexibility index (Phi) is 6.47. The van der Waals surface area contributed by atoms with Crippen LogP contribution in [0.1, 0.15) is 51.4 Å². The molecule has 1 spiro atoms. The summed E-state index contributed by atoms with van der Waals surface area (Å²) in [5.41, 5.74) is 0.108. The summed E-state index contributed by atoms with van der Waals surface area (Å²) in [5.74, 6) is 0.238. The van der Waals surface area contributed by atoms with Gasteiger partial charge in [0.2, 0.25) is 0 Å². The number of ether oxygens (including phenoxy) is 1. The molecule has 0 unspecified atom stereocenters. The number of carbonyl (C=O) groups excluding carboxylic acids is 1. The molecule has 6 rings (SSSR count). The van der Waals surface area contributed by atoms with Crippen LogP contribution in [0.3, 0.4) is 0 Å². The van der Waals surface area contributed by atoms with Gasteiger partial charge in [-0.15, -0.1) is 0 Å². The molecular formula is C27H33ClN4O5S. The molecule has 2 N–H and O–H groups in total. The van der Waals surface area contributed by atoms with Crippen molar-refractivity contribution >= 4 is 39.0 Å². The average molecular weight is 561 g/mol. The van der Waals surface area contributed by atoms with Gasteiger partial charge in [-0.1, -0.05) is 24.1 Å². The topological polar surface area (TPSA) is 112 Å². The Morgan fingerprint density at radius 2 is 1.82 bits per heavy atom. The number of hydrogen-bond acceptors (Lipinski definition) is 8. The number of aliphatic hydroxyl groups excluding tert-OH is 1. The SMILES string of the molecule is O=C(NS(=O)(=O)c1cccc(N2CC[C@H](O)C2)n1)C1(Oc2cc(Cl)ccc2N2CCC3(CCC3)CC2)CC1. The number of sulfonamides is 1. The predicted octanol–water partition coefficient (Wildman–Crippen LogP) is 3.49. The third-order valence-corrected chi connectivity index (χ3v) is 10.1. The van der Waals surface area contributed by atoms with Crippen LogP contribution in [0.5, 0.6) is 5.75 Å². The van der Waals surface area contributed by atoms with Gasteiger partial charge in [-0.05, 0) is 61.8 Å². The van der Waals surface area contributed by atoms with Crippen LogP contribution in [0, 0.1) is 5.41 Å². The Morgan fingerprint density at radius 1 is 1.05 bits per heavy atom. The van der Waals surface area contributed by atoms with Crippen LogP contribution in [0.25, 0.3) is 0 Å². The molecule has 2 saturated carbocycles. The summed E-state index contributed by atoms with van der Waals surface area (Å²) in [6.45, 7) is 2.81. The van der Waals surface area contributed by atoms with E-state index < -0.39 is 27.6 Å². The first-order valence-electron chi connectivity index (χ1n) is 13.4. The van der Waals surface area contributed by atoms with Gasteiger partial charge in [0.25, 0.3) is 15.9 Å². The summed E-state index contributed by atoms with van der Waals surface area (Å²) >= 11 is 6.30. The minimum absolute atomic E-state index is 0.248. The highest BCUT2D eigenvalue weighted by Gasteiger charge is 2.55. The molecule has 2 saturated heterocycles. The molecule has 204 valence electrons. The number of aromatic nitrogens is 1. The van der Waals surface area contributed by atoms with Gasteiger partial charge in [-0.25, -0.2) is 9.71 Å². The van der Waals surface area contributed by atoms with Gasteiger partial charge in [0.1, 0.15) is 11.6 Å². The average Bonchev–Trinajstić information content (AvgIpc) is 3.54. The Morgan fingerprint density at radius 3 is 2.45 bits per heavy atom. The summed E-state index contributed by atoms with van der Waals surface area (Å²) < 4.78 is 34.7. The van der Waals surface area contributed by atoms with Gasteiger partial charge in [0.05, 0.1) is 11.8 Å². The maximum atomic E-state index is 13.3. The highest BCUT2D eigenvalue weighted by molar-refractivity contribution is 7.90. The number of nitrogens with zero attached hydrogens (tertiary/aromatic N) is 3. The van der Waals surface area contributed by atoms with Gasteiger partial charge in [0, 0.05) is 50.1 Å². The van der Waals surface area contributed by atoms with Crippen molar-refractivity contribution in [1.29, 1.82) is 0 Å². The van der Waals surface area contributed by atoms with Crippen LogP contribution in [0.2, 0.25) is 5.02 Å². The third-order valence-electron chi connectivity index (χ3n) is 8.62. The van der Waals surface area contributed by atoms with Crippen molar-refractivity contribution in [3.05, 3.63) is 41.4 Å². The maximum absolute atomic E-state index is 13.3. The van der Waals surface area contributed by atoms with Gasteiger partial charge >= 0.3 is 0 Å². The molecule has 3 heterocycles. The highest BCUT2D eigenvalue weighted by Crippen LogP contribution is 2.51. The van der Waals surface area contributed by atoms with Crippen LogP contribution in [-0.4, -0.2) is 62.3 Å². The predicted molar refractivity (Wildman–Crippen MR) is 144 cm³/mol. The first-order chi connectivity index (χ1) is 18.2. The molecule has 38 heavy (non-hydrogen) atoms. The van der Waals surface area contributed by atoms with Crippen molar-refractivity contribution in [3.63, 3.8) is 0 Å². The highest BCUT2D eigenvalue weighted by atomic mass is 35.5. The van der Waals surface area contributed by atoms with Gasteiger partial charge in [0.15, 0.2) is 10.6 Å². The van der Waals surface area contributed by atoms with E-state index in [9.17, 15) is 18.3 Å². The Hall–Kier alpha value is -2.56. The van der Waals surface area contributed by atoms with Crippen LogP contribution in [-0.2, 0) is 14.8 Å². The zero-order valence-corrected chi connectivity index (χ0v) is 22.8. The van der Waals surface area contributed by atoms with Crippen LogP contribution in [0.15, 0.2) is 41.4 Å². The number of piperidine rings is 1.